The van der Waals surface area contributed by atoms with Crippen LogP contribution in [0.15, 0.2) is 41.5 Å². The lowest BCUT2D eigenvalue weighted by molar-refractivity contribution is 0.626. The van der Waals surface area contributed by atoms with Crippen molar-refractivity contribution in [2.75, 3.05) is 5.32 Å². The summed E-state index contributed by atoms with van der Waals surface area (Å²) in [7, 11) is 0. The number of rotatable bonds is 5. The summed E-state index contributed by atoms with van der Waals surface area (Å²) in [6, 6.07) is 6.40. The Balaban J connectivity index is 2.06. The van der Waals surface area contributed by atoms with E-state index in [2.05, 4.69) is 10.3 Å². The number of aromatic nitrogens is 2. The van der Waals surface area contributed by atoms with Gasteiger partial charge in [0.05, 0.1) is 0 Å². The SMILES string of the molecule is CCn1ccnc(NC(C)Cc2ccc(F)cc2)c1=O. The lowest BCUT2D eigenvalue weighted by atomic mass is 10.1. The Bertz CT molecular complexity index is 622. The lowest BCUT2D eigenvalue weighted by Crippen LogP contribution is -2.28. The van der Waals surface area contributed by atoms with Crippen LogP contribution in [0.3, 0.4) is 0 Å². The highest BCUT2D eigenvalue weighted by Gasteiger charge is 2.08. The van der Waals surface area contributed by atoms with E-state index in [4.69, 9.17) is 0 Å². The Morgan fingerprint density at radius 3 is 2.70 bits per heavy atom. The van der Waals surface area contributed by atoms with Crippen LogP contribution in [0.5, 0.6) is 0 Å². The summed E-state index contributed by atoms with van der Waals surface area (Å²) in [5.74, 6) is 0.105. The van der Waals surface area contributed by atoms with Crippen LogP contribution in [0.1, 0.15) is 19.4 Å². The maximum Gasteiger partial charge on any atom is 0.293 e. The molecule has 4 nitrogen and oxygen atoms in total. The molecule has 0 aliphatic rings. The van der Waals surface area contributed by atoms with Crippen molar-refractivity contribution < 1.29 is 4.39 Å². The first kappa shape index (κ1) is 14.2. The largest absolute Gasteiger partial charge is 0.363 e. The smallest absolute Gasteiger partial charge is 0.293 e. The highest BCUT2D eigenvalue weighted by atomic mass is 19.1. The summed E-state index contributed by atoms with van der Waals surface area (Å²) < 4.78 is 14.4. The first-order valence-corrected chi connectivity index (χ1v) is 6.66. The zero-order valence-corrected chi connectivity index (χ0v) is 11.6. The Morgan fingerprint density at radius 2 is 2.05 bits per heavy atom. The molecule has 2 aromatic rings. The fraction of sp³-hybridized carbons (Fsp3) is 0.333. The quantitative estimate of drug-likeness (QED) is 0.911. The Hall–Kier alpha value is -2.17. The van der Waals surface area contributed by atoms with Crippen molar-refractivity contribution in [3.05, 3.63) is 58.4 Å². The molecular formula is C15H18FN3O. The van der Waals surface area contributed by atoms with Gasteiger partial charge in [0.15, 0.2) is 5.82 Å². The van der Waals surface area contributed by atoms with E-state index in [0.29, 0.717) is 18.8 Å². The number of nitrogens with zero attached hydrogens (tertiary/aromatic N) is 2. The summed E-state index contributed by atoms with van der Waals surface area (Å²) in [5.41, 5.74) is 0.888. The standard InChI is InChI=1S/C15H18FN3O/c1-3-19-9-8-17-14(15(19)20)18-11(2)10-12-4-6-13(16)7-5-12/h4-9,11H,3,10H2,1-2H3,(H,17,18). The van der Waals surface area contributed by atoms with Crippen LogP contribution in [0.25, 0.3) is 0 Å². The van der Waals surface area contributed by atoms with Gasteiger partial charge in [-0.25, -0.2) is 9.37 Å². The number of benzene rings is 1. The van der Waals surface area contributed by atoms with Crippen molar-refractivity contribution in [2.24, 2.45) is 0 Å². The highest BCUT2D eigenvalue weighted by molar-refractivity contribution is 5.33. The maximum atomic E-state index is 12.8. The van der Waals surface area contributed by atoms with Crippen molar-refractivity contribution in [1.29, 1.82) is 0 Å². The number of nitrogens with one attached hydrogen (secondary N) is 1. The molecule has 0 saturated carbocycles. The predicted molar refractivity (Wildman–Crippen MR) is 77.4 cm³/mol. The molecule has 20 heavy (non-hydrogen) atoms. The van der Waals surface area contributed by atoms with Gasteiger partial charge in [0.1, 0.15) is 5.82 Å². The van der Waals surface area contributed by atoms with E-state index in [9.17, 15) is 9.18 Å². The third kappa shape index (κ3) is 3.44. The van der Waals surface area contributed by atoms with Gasteiger partial charge >= 0.3 is 0 Å². The highest BCUT2D eigenvalue weighted by Crippen LogP contribution is 2.08. The average Bonchev–Trinajstić information content (AvgIpc) is 2.44. The maximum absolute atomic E-state index is 12.8. The molecule has 106 valence electrons. The molecule has 1 aromatic heterocycles. The van der Waals surface area contributed by atoms with Crippen LogP contribution >= 0.6 is 0 Å². The summed E-state index contributed by atoms with van der Waals surface area (Å²) in [6.45, 7) is 4.49. The monoisotopic (exact) mass is 275 g/mol. The molecule has 0 saturated heterocycles. The molecule has 0 radical (unpaired) electrons. The zero-order valence-electron chi connectivity index (χ0n) is 11.6. The third-order valence-electron chi connectivity index (χ3n) is 3.09. The van der Waals surface area contributed by atoms with Crippen molar-refractivity contribution in [2.45, 2.75) is 32.9 Å². The second-order valence-corrected chi connectivity index (χ2v) is 4.74. The summed E-state index contributed by atoms with van der Waals surface area (Å²) in [4.78, 5) is 16.1. The van der Waals surface area contributed by atoms with E-state index in [-0.39, 0.29) is 17.4 Å². The minimum Gasteiger partial charge on any atom is -0.363 e. The molecule has 0 aliphatic heterocycles. The van der Waals surface area contributed by atoms with Gasteiger partial charge in [-0.2, -0.15) is 0 Å². The lowest BCUT2D eigenvalue weighted by Gasteiger charge is -2.14. The van der Waals surface area contributed by atoms with Gasteiger partial charge in [-0.3, -0.25) is 4.79 Å². The molecule has 1 atom stereocenters. The molecule has 5 heteroatoms. The van der Waals surface area contributed by atoms with Crippen molar-refractivity contribution in [3.8, 4) is 0 Å². The summed E-state index contributed by atoms with van der Waals surface area (Å²) >= 11 is 0. The number of anilines is 1. The fourth-order valence-electron chi connectivity index (χ4n) is 2.05. The molecule has 0 aliphatic carbocycles. The Labute approximate surface area is 117 Å². The van der Waals surface area contributed by atoms with Gasteiger partial charge < -0.3 is 9.88 Å². The second kappa shape index (κ2) is 6.32. The number of aryl methyl sites for hydroxylation is 1. The summed E-state index contributed by atoms with van der Waals surface area (Å²) in [6.07, 6.45) is 3.97. The number of hydrogen-bond donors (Lipinski definition) is 1. The Morgan fingerprint density at radius 1 is 1.35 bits per heavy atom. The van der Waals surface area contributed by atoms with Gasteiger partial charge in [0.2, 0.25) is 0 Å². The minimum absolute atomic E-state index is 0.0355. The van der Waals surface area contributed by atoms with Gasteiger partial charge in [0.25, 0.3) is 5.56 Å². The van der Waals surface area contributed by atoms with E-state index in [1.807, 2.05) is 13.8 Å². The predicted octanol–water partition coefficient (Wildman–Crippen LogP) is 2.45. The van der Waals surface area contributed by atoms with Crippen LogP contribution in [0.4, 0.5) is 10.2 Å². The molecule has 1 N–H and O–H groups in total. The van der Waals surface area contributed by atoms with Gasteiger partial charge in [0, 0.05) is 25.0 Å². The molecule has 0 bridgehead atoms. The molecule has 0 amide bonds. The van der Waals surface area contributed by atoms with Crippen LogP contribution in [-0.4, -0.2) is 15.6 Å². The van der Waals surface area contributed by atoms with E-state index in [1.165, 1.54) is 12.1 Å². The van der Waals surface area contributed by atoms with Crippen LogP contribution in [-0.2, 0) is 13.0 Å². The van der Waals surface area contributed by atoms with Gasteiger partial charge in [-0.05, 0) is 38.0 Å². The molecule has 0 spiro atoms. The van der Waals surface area contributed by atoms with E-state index in [1.54, 1.807) is 29.1 Å². The van der Waals surface area contributed by atoms with Crippen LogP contribution in [0.2, 0.25) is 0 Å². The first-order valence-electron chi connectivity index (χ1n) is 6.66. The first-order chi connectivity index (χ1) is 9.60. The van der Waals surface area contributed by atoms with Crippen molar-refractivity contribution in [1.82, 2.24) is 9.55 Å². The second-order valence-electron chi connectivity index (χ2n) is 4.74. The average molecular weight is 275 g/mol. The van der Waals surface area contributed by atoms with Crippen LogP contribution in [0, 0.1) is 5.82 Å². The van der Waals surface area contributed by atoms with Crippen LogP contribution < -0.4 is 10.9 Å². The number of hydrogen-bond acceptors (Lipinski definition) is 3. The molecule has 2 rings (SSSR count). The van der Waals surface area contributed by atoms with Crippen molar-refractivity contribution >= 4 is 5.82 Å². The van der Waals surface area contributed by atoms with E-state index in [0.717, 1.165) is 5.56 Å². The molecule has 1 aromatic carbocycles. The van der Waals surface area contributed by atoms with Crippen molar-refractivity contribution in [3.63, 3.8) is 0 Å². The topological polar surface area (TPSA) is 46.9 Å². The van der Waals surface area contributed by atoms with Gasteiger partial charge in [-0.1, -0.05) is 12.1 Å². The minimum atomic E-state index is -0.245. The Kier molecular flexibility index (Phi) is 4.50. The van der Waals surface area contributed by atoms with E-state index < -0.39 is 0 Å². The molecule has 1 unspecified atom stereocenters. The van der Waals surface area contributed by atoms with Gasteiger partial charge in [-0.15, -0.1) is 0 Å². The molecule has 1 heterocycles. The normalized spacial score (nSPS) is 12.2. The fourth-order valence-corrected chi connectivity index (χ4v) is 2.05. The zero-order chi connectivity index (χ0) is 14.5. The van der Waals surface area contributed by atoms with E-state index >= 15 is 0 Å². The molecule has 0 fully saturated rings. The number of halogens is 1. The third-order valence-corrected chi connectivity index (χ3v) is 3.09. The molecular weight excluding hydrogens is 257 g/mol. The summed E-state index contributed by atoms with van der Waals surface area (Å²) in [5, 5.41) is 3.11.